The minimum absolute atomic E-state index is 0.296. The first-order valence-corrected chi connectivity index (χ1v) is 7.01. The average Bonchev–Trinajstić information content (AvgIpc) is 2.60. The molecule has 1 saturated heterocycles. The summed E-state index contributed by atoms with van der Waals surface area (Å²) in [4.78, 5) is 2.69. The fraction of sp³-hybridized carbons (Fsp3) is 1.00. The SMILES string of the molecule is CCC1CCC(C)N1CCNC(C)(C)CC. The van der Waals surface area contributed by atoms with Crippen LogP contribution in [-0.2, 0) is 0 Å². The number of nitrogens with one attached hydrogen (secondary N) is 1. The highest BCUT2D eigenvalue weighted by Gasteiger charge is 2.28. The zero-order valence-electron chi connectivity index (χ0n) is 11.8. The quantitative estimate of drug-likeness (QED) is 0.749. The van der Waals surface area contributed by atoms with Gasteiger partial charge in [0.15, 0.2) is 0 Å². The van der Waals surface area contributed by atoms with Gasteiger partial charge in [-0.3, -0.25) is 4.90 Å². The van der Waals surface area contributed by atoms with Gasteiger partial charge in [0, 0.05) is 30.7 Å². The van der Waals surface area contributed by atoms with Crippen LogP contribution in [0, 0.1) is 0 Å². The van der Waals surface area contributed by atoms with Crippen molar-refractivity contribution >= 4 is 0 Å². The van der Waals surface area contributed by atoms with E-state index in [1.807, 2.05) is 0 Å². The molecular formula is C14H30N2. The maximum Gasteiger partial charge on any atom is 0.0123 e. The van der Waals surface area contributed by atoms with Gasteiger partial charge in [0.2, 0.25) is 0 Å². The van der Waals surface area contributed by atoms with E-state index >= 15 is 0 Å². The monoisotopic (exact) mass is 226 g/mol. The minimum Gasteiger partial charge on any atom is -0.311 e. The molecule has 2 heteroatoms. The number of rotatable bonds is 6. The molecule has 1 heterocycles. The van der Waals surface area contributed by atoms with Gasteiger partial charge in [-0.05, 0) is 46.5 Å². The van der Waals surface area contributed by atoms with Crippen LogP contribution in [0.25, 0.3) is 0 Å². The molecule has 0 amide bonds. The topological polar surface area (TPSA) is 15.3 Å². The predicted molar refractivity (Wildman–Crippen MR) is 71.9 cm³/mol. The lowest BCUT2D eigenvalue weighted by Gasteiger charge is -2.31. The van der Waals surface area contributed by atoms with Crippen LogP contribution in [0.5, 0.6) is 0 Å². The first-order valence-electron chi connectivity index (χ1n) is 7.01. The Labute approximate surface area is 102 Å². The summed E-state index contributed by atoms with van der Waals surface area (Å²) >= 11 is 0. The second-order valence-electron chi connectivity index (χ2n) is 5.89. The van der Waals surface area contributed by atoms with E-state index in [9.17, 15) is 0 Å². The lowest BCUT2D eigenvalue weighted by molar-refractivity contribution is 0.191. The van der Waals surface area contributed by atoms with E-state index < -0.39 is 0 Å². The number of nitrogens with zero attached hydrogens (tertiary/aromatic N) is 1. The van der Waals surface area contributed by atoms with Crippen LogP contribution in [0.15, 0.2) is 0 Å². The van der Waals surface area contributed by atoms with Gasteiger partial charge in [0.25, 0.3) is 0 Å². The Morgan fingerprint density at radius 3 is 2.50 bits per heavy atom. The lowest BCUT2D eigenvalue weighted by atomic mass is 10.0. The third kappa shape index (κ3) is 3.74. The largest absolute Gasteiger partial charge is 0.311 e. The van der Waals surface area contributed by atoms with Gasteiger partial charge in [0.05, 0.1) is 0 Å². The van der Waals surface area contributed by atoms with Gasteiger partial charge in [0.1, 0.15) is 0 Å². The second kappa shape index (κ2) is 6.02. The molecule has 2 atom stereocenters. The first-order chi connectivity index (χ1) is 7.50. The van der Waals surface area contributed by atoms with Gasteiger partial charge >= 0.3 is 0 Å². The Morgan fingerprint density at radius 1 is 1.25 bits per heavy atom. The normalized spacial score (nSPS) is 27.6. The van der Waals surface area contributed by atoms with Crippen molar-refractivity contribution in [3.8, 4) is 0 Å². The molecule has 1 aliphatic heterocycles. The molecule has 0 radical (unpaired) electrons. The number of hydrogen-bond acceptors (Lipinski definition) is 2. The summed E-state index contributed by atoms with van der Waals surface area (Å²) < 4.78 is 0. The molecule has 0 aliphatic carbocycles. The highest BCUT2D eigenvalue weighted by molar-refractivity contribution is 4.85. The van der Waals surface area contributed by atoms with Crippen molar-refractivity contribution < 1.29 is 0 Å². The van der Waals surface area contributed by atoms with Crippen molar-refractivity contribution in [2.24, 2.45) is 0 Å². The third-order valence-corrected chi connectivity index (χ3v) is 4.28. The third-order valence-electron chi connectivity index (χ3n) is 4.28. The number of likely N-dealkylation sites (tertiary alicyclic amines) is 1. The Kier molecular flexibility index (Phi) is 5.26. The van der Waals surface area contributed by atoms with Crippen molar-refractivity contribution in [2.75, 3.05) is 13.1 Å². The molecule has 0 aromatic rings. The zero-order valence-corrected chi connectivity index (χ0v) is 11.8. The van der Waals surface area contributed by atoms with Gasteiger partial charge < -0.3 is 5.32 Å². The molecule has 0 spiro atoms. The van der Waals surface area contributed by atoms with E-state index in [-0.39, 0.29) is 0 Å². The summed E-state index contributed by atoms with van der Waals surface area (Å²) in [6, 6.07) is 1.62. The molecular weight excluding hydrogens is 196 g/mol. The Morgan fingerprint density at radius 2 is 1.94 bits per heavy atom. The Bertz CT molecular complexity index is 201. The molecule has 1 fully saturated rings. The standard InChI is InChI=1S/C14H30N2/c1-6-13-9-8-12(3)16(13)11-10-15-14(4,5)7-2/h12-13,15H,6-11H2,1-5H3. The fourth-order valence-corrected chi connectivity index (χ4v) is 2.62. The van der Waals surface area contributed by atoms with Crippen LogP contribution < -0.4 is 5.32 Å². The van der Waals surface area contributed by atoms with E-state index in [1.165, 1.54) is 32.2 Å². The van der Waals surface area contributed by atoms with Gasteiger partial charge in [-0.2, -0.15) is 0 Å². The summed E-state index contributed by atoms with van der Waals surface area (Å²) in [6.45, 7) is 13.9. The molecule has 0 aromatic carbocycles. The summed E-state index contributed by atoms with van der Waals surface area (Å²) in [6.07, 6.45) is 5.28. The second-order valence-corrected chi connectivity index (χ2v) is 5.89. The maximum absolute atomic E-state index is 3.66. The summed E-state index contributed by atoms with van der Waals surface area (Å²) in [5.41, 5.74) is 0.296. The van der Waals surface area contributed by atoms with Crippen LogP contribution in [-0.4, -0.2) is 35.6 Å². The van der Waals surface area contributed by atoms with Crippen LogP contribution >= 0.6 is 0 Å². The Hall–Kier alpha value is -0.0800. The fourth-order valence-electron chi connectivity index (χ4n) is 2.62. The molecule has 1 rings (SSSR count). The molecule has 2 nitrogen and oxygen atoms in total. The van der Waals surface area contributed by atoms with Crippen molar-refractivity contribution in [1.82, 2.24) is 10.2 Å². The van der Waals surface area contributed by atoms with Crippen molar-refractivity contribution in [2.45, 2.75) is 77.9 Å². The van der Waals surface area contributed by atoms with Crippen LogP contribution in [0.4, 0.5) is 0 Å². The van der Waals surface area contributed by atoms with Gasteiger partial charge in [-0.15, -0.1) is 0 Å². The molecule has 1 aliphatic rings. The van der Waals surface area contributed by atoms with Crippen LogP contribution in [0.2, 0.25) is 0 Å². The highest BCUT2D eigenvalue weighted by Crippen LogP contribution is 2.25. The molecule has 0 bridgehead atoms. The van der Waals surface area contributed by atoms with Gasteiger partial charge in [-0.25, -0.2) is 0 Å². The number of hydrogen-bond donors (Lipinski definition) is 1. The highest BCUT2D eigenvalue weighted by atomic mass is 15.2. The van der Waals surface area contributed by atoms with Gasteiger partial charge in [-0.1, -0.05) is 13.8 Å². The van der Waals surface area contributed by atoms with E-state index in [1.54, 1.807) is 0 Å². The maximum atomic E-state index is 3.66. The smallest absolute Gasteiger partial charge is 0.0123 e. The van der Waals surface area contributed by atoms with E-state index in [0.29, 0.717) is 5.54 Å². The van der Waals surface area contributed by atoms with E-state index in [0.717, 1.165) is 18.6 Å². The van der Waals surface area contributed by atoms with Crippen molar-refractivity contribution in [3.05, 3.63) is 0 Å². The zero-order chi connectivity index (χ0) is 12.2. The van der Waals surface area contributed by atoms with Crippen LogP contribution in [0.3, 0.4) is 0 Å². The average molecular weight is 226 g/mol. The van der Waals surface area contributed by atoms with Crippen molar-refractivity contribution in [3.63, 3.8) is 0 Å². The molecule has 1 N–H and O–H groups in total. The Balaban J connectivity index is 2.31. The summed E-state index contributed by atoms with van der Waals surface area (Å²) in [5, 5.41) is 3.66. The van der Waals surface area contributed by atoms with Crippen LogP contribution in [0.1, 0.15) is 60.3 Å². The molecule has 2 unspecified atom stereocenters. The molecule has 0 aromatic heterocycles. The first kappa shape index (κ1) is 14.0. The van der Waals surface area contributed by atoms with E-state index in [4.69, 9.17) is 0 Å². The summed E-state index contributed by atoms with van der Waals surface area (Å²) in [7, 11) is 0. The molecule has 96 valence electrons. The lowest BCUT2D eigenvalue weighted by Crippen LogP contribution is -2.45. The molecule has 0 saturated carbocycles. The van der Waals surface area contributed by atoms with Crippen molar-refractivity contribution in [1.29, 1.82) is 0 Å². The van der Waals surface area contributed by atoms with E-state index in [2.05, 4.69) is 44.8 Å². The summed E-state index contributed by atoms with van der Waals surface area (Å²) in [5.74, 6) is 0. The molecule has 16 heavy (non-hydrogen) atoms. The minimum atomic E-state index is 0.296. The predicted octanol–water partition coefficient (Wildman–Crippen LogP) is 3.03.